The number of amides is 1. The number of benzene rings is 1. The van der Waals surface area contributed by atoms with Crippen LogP contribution in [0.5, 0.6) is 11.9 Å². The predicted octanol–water partition coefficient (Wildman–Crippen LogP) is 4.42. The Kier molecular flexibility index (Phi) is 8.05. The number of anilines is 2. The van der Waals surface area contributed by atoms with Crippen LogP contribution >= 0.6 is 0 Å². The summed E-state index contributed by atoms with van der Waals surface area (Å²) < 4.78 is 11.4. The minimum atomic E-state index is -0.716. The highest BCUT2D eigenvalue weighted by atomic mass is 16.5. The van der Waals surface area contributed by atoms with Crippen molar-refractivity contribution in [3.05, 3.63) is 35.4 Å². The number of fused-ring (bicyclic) bond motifs is 1. The van der Waals surface area contributed by atoms with Gasteiger partial charge in [0.25, 0.3) is 5.91 Å². The molecule has 3 N–H and O–H groups in total. The maximum atomic E-state index is 13.4. The van der Waals surface area contributed by atoms with Gasteiger partial charge in [-0.05, 0) is 61.6 Å². The molecule has 0 bridgehead atoms. The van der Waals surface area contributed by atoms with E-state index in [1.807, 2.05) is 12.1 Å². The van der Waals surface area contributed by atoms with Crippen molar-refractivity contribution in [2.75, 3.05) is 30.4 Å². The van der Waals surface area contributed by atoms with Gasteiger partial charge in [0, 0.05) is 12.1 Å². The molecule has 188 valence electrons. The van der Waals surface area contributed by atoms with Crippen molar-refractivity contribution in [3.63, 3.8) is 0 Å². The van der Waals surface area contributed by atoms with Crippen LogP contribution in [0.3, 0.4) is 0 Å². The summed E-state index contributed by atoms with van der Waals surface area (Å²) >= 11 is 0. The van der Waals surface area contributed by atoms with Gasteiger partial charge in [-0.3, -0.25) is 9.59 Å². The minimum Gasteiger partial charge on any atom is -0.481 e. The van der Waals surface area contributed by atoms with E-state index in [1.165, 1.54) is 5.56 Å². The largest absolute Gasteiger partial charge is 0.481 e. The summed E-state index contributed by atoms with van der Waals surface area (Å²) in [5.74, 6) is -0.121. The smallest absolute Gasteiger partial charge is 0.321 e. The molecule has 1 aromatic heterocycles. The van der Waals surface area contributed by atoms with Gasteiger partial charge in [0.2, 0.25) is 5.88 Å². The van der Waals surface area contributed by atoms with Gasteiger partial charge < -0.3 is 25.2 Å². The SMILES string of the molecule is CCCCCOc1nc(N)c2c(n1)OCCN(c1ccc(C3CCC(CC(=O)O)CC3)cc1)C2=O. The fourth-order valence-corrected chi connectivity index (χ4v) is 4.91. The van der Waals surface area contributed by atoms with Crippen LogP contribution in [0.1, 0.15) is 80.1 Å². The van der Waals surface area contributed by atoms with Gasteiger partial charge in [0.1, 0.15) is 18.0 Å². The van der Waals surface area contributed by atoms with Crippen molar-refractivity contribution in [1.82, 2.24) is 9.97 Å². The van der Waals surface area contributed by atoms with Crippen molar-refractivity contribution in [2.45, 2.75) is 64.2 Å². The number of nitrogens with zero attached hydrogens (tertiary/aromatic N) is 3. The summed E-state index contributed by atoms with van der Waals surface area (Å²) in [7, 11) is 0. The molecule has 0 spiro atoms. The highest BCUT2D eigenvalue weighted by Gasteiger charge is 2.30. The molecule has 1 amide bonds. The van der Waals surface area contributed by atoms with Crippen LogP contribution < -0.4 is 20.1 Å². The Morgan fingerprint density at radius 2 is 1.91 bits per heavy atom. The van der Waals surface area contributed by atoms with Crippen molar-refractivity contribution >= 4 is 23.4 Å². The second-order valence-electron chi connectivity index (χ2n) is 9.34. The van der Waals surface area contributed by atoms with Crippen molar-refractivity contribution in [2.24, 2.45) is 5.92 Å². The Morgan fingerprint density at radius 3 is 2.60 bits per heavy atom. The van der Waals surface area contributed by atoms with E-state index in [0.29, 0.717) is 19.1 Å². The molecule has 1 saturated carbocycles. The molecule has 0 radical (unpaired) electrons. The Labute approximate surface area is 205 Å². The summed E-state index contributed by atoms with van der Waals surface area (Å²) in [6.07, 6.45) is 7.11. The molecular formula is C26H34N4O5. The number of hydrogen-bond donors (Lipinski definition) is 2. The number of hydrogen-bond acceptors (Lipinski definition) is 7. The van der Waals surface area contributed by atoms with Crippen LogP contribution in [-0.4, -0.2) is 46.7 Å². The van der Waals surface area contributed by atoms with Crippen LogP contribution in [0, 0.1) is 5.92 Å². The normalized spacial score (nSPS) is 20.0. The average Bonchev–Trinajstić information content (AvgIpc) is 3.01. The zero-order valence-corrected chi connectivity index (χ0v) is 20.2. The Balaban J connectivity index is 1.44. The first kappa shape index (κ1) is 24.8. The molecule has 0 unspecified atom stereocenters. The standard InChI is InChI=1S/C26H34N4O5/c1-2-3-4-14-35-26-28-23(27)22-24(29-26)34-15-13-30(25(22)33)20-11-9-19(10-12-20)18-7-5-17(6-8-18)16-21(31)32/h9-12,17-18H,2-8,13-16H2,1H3,(H,31,32)(H2,27,28,29). The molecule has 2 aromatic rings. The molecule has 0 atom stereocenters. The van der Waals surface area contributed by atoms with E-state index < -0.39 is 5.97 Å². The van der Waals surface area contributed by atoms with Crippen LogP contribution in [0.15, 0.2) is 24.3 Å². The van der Waals surface area contributed by atoms with Gasteiger partial charge in [-0.25, -0.2) is 0 Å². The van der Waals surface area contributed by atoms with Gasteiger partial charge >= 0.3 is 12.0 Å². The lowest BCUT2D eigenvalue weighted by molar-refractivity contribution is -0.138. The van der Waals surface area contributed by atoms with E-state index in [1.54, 1.807) is 4.90 Å². The van der Waals surface area contributed by atoms with Crippen LogP contribution in [0.2, 0.25) is 0 Å². The minimum absolute atomic E-state index is 0.0483. The van der Waals surface area contributed by atoms with Crippen molar-refractivity contribution in [3.8, 4) is 11.9 Å². The Hall–Kier alpha value is -3.36. The first-order valence-electron chi connectivity index (χ1n) is 12.5. The van der Waals surface area contributed by atoms with Gasteiger partial charge in [-0.1, -0.05) is 31.9 Å². The molecule has 4 rings (SSSR count). The van der Waals surface area contributed by atoms with E-state index in [9.17, 15) is 9.59 Å². The zero-order chi connectivity index (χ0) is 24.8. The topological polar surface area (TPSA) is 128 Å². The summed E-state index contributed by atoms with van der Waals surface area (Å²) in [5, 5.41) is 9.03. The molecule has 1 aliphatic heterocycles. The molecule has 35 heavy (non-hydrogen) atoms. The molecular weight excluding hydrogens is 448 g/mol. The third kappa shape index (κ3) is 6.01. The lowest BCUT2D eigenvalue weighted by Gasteiger charge is -2.28. The number of carbonyl (C=O) groups excluding carboxylic acids is 1. The second kappa shape index (κ2) is 11.4. The number of rotatable bonds is 9. The number of nitrogens with two attached hydrogens (primary N) is 1. The van der Waals surface area contributed by atoms with Crippen LogP contribution in [-0.2, 0) is 4.79 Å². The maximum absolute atomic E-state index is 13.4. The third-order valence-electron chi connectivity index (χ3n) is 6.86. The summed E-state index contributed by atoms with van der Waals surface area (Å²) in [5.41, 5.74) is 8.27. The second-order valence-corrected chi connectivity index (χ2v) is 9.34. The molecule has 2 heterocycles. The van der Waals surface area contributed by atoms with E-state index in [4.69, 9.17) is 20.3 Å². The lowest BCUT2D eigenvalue weighted by Crippen LogP contribution is -2.32. The Morgan fingerprint density at radius 1 is 1.17 bits per heavy atom. The average molecular weight is 483 g/mol. The molecule has 1 aromatic carbocycles. The fraction of sp³-hybridized carbons (Fsp3) is 0.538. The van der Waals surface area contributed by atoms with Gasteiger partial charge in [-0.2, -0.15) is 9.97 Å². The summed E-state index contributed by atoms with van der Waals surface area (Å²) in [6.45, 7) is 3.24. The van der Waals surface area contributed by atoms with Gasteiger partial charge in [0.05, 0.1) is 13.2 Å². The number of carboxylic acid groups (broad SMARTS) is 1. The highest BCUT2D eigenvalue weighted by molar-refractivity contribution is 6.10. The number of aromatic nitrogens is 2. The quantitative estimate of drug-likeness (QED) is 0.503. The lowest BCUT2D eigenvalue weighted by atomic mass is 9.77. The van der Waals surface area contributed by atoms with E-state index >= 15 is 0 Å². The number of ether oxygens (including phenoxy) is 2. The molecule has 1 fully saturated rings. The van der Waals surface area contributed by atoms with Crippen molar-refractivity contribution < 1.29 is 24.2 Å². The predicted molar refractivity (Wildman–Crippen MR) is 132 cm³/mol. The van der Waals surface area contributed by atoms with E-state index in [-0.39, 0.29) is 48.1 Å². The summed E-state index contributed by atoms with van der Waals surface area (Å²) in [4.78, 5) is 34.5. The molecule has 2 aliphatic rings. The number of nitrogen functional groups attached to an aromatic ring is 1. The van der Waals surface area contributed by atoms with Crippen molar-refractivity contribution in [1.29, 1.82) is 0 Å². The Bertz CT molecular complexity index is 1030. The molecule has 0 saturated heterocycles. The molecule has 1 aliphatic carbocycles. The van der Waals surface area contributed by atoms with Crippen LogP contribution in [0.4, 0.5) is 11.5 Å². The zero-order valence-electron chi connectivity index (χ0n) is 20.2. The first-order chi connectivity index (χ1) is 17.0. The number of carboxylic acids is 1. The third-order valence-corrected chi connectivity index (χ3v) is 6.86. The van der Waals surface area contributed by atoms with Gasteiger partial charge in [-0.15, -0.1) is 0 Å². The van der Waals surface area contributed by atoms with Gasteiger partial charge in [0.15, 0.2) is 0 Å². The molecule has 9 nitrogen and oxygen atoms in total. The maximum Gasteiger partial charge on any atom is 0.321 e. The van der Waals surface area contributed by atoms with E-state index in [2.05, 4.69) is 29.0 Å². The first-order valence-corrected chi connectivity index (χ1v) is 12.5. The van der Waals surface area contributed by atoms with Crippen LogP contribution in [0.25, 0.3) is 0 Å². The fourth-order valence-electron chi connectivity index (χ4n) is 4.91. The van der Waals surface area contributed by atoms with E-state index in [0.717, 1.165) is 50.6 Å². The number of unbranched alkanes of at least 4 members (excludes halogenated alkanes) is 2. The monoisotopic (exact) mass is 482 g/mol. The highest BCUT2D eigenvalue weighted by Crippen LogP contribution is 2.38. The number of aliphatic carboxylic acids is 1. The summed E-state index contributed by atoms with van der Waals surface area (Å²) in [6, 6.07) is 8.14. The number of carbonyl (C=O) groups is 2. The molecule has 9 heteroatoms.